The lowest BCUT2D eigenvalue weighted by atomic mass is 10.0. The van der Waals surface area contributed by atoms with E-state index in [1.165, 1.54) is 29.9 Å². The standard InChI is InChI=1S/C7H15IO6S/c1-3(9)7(14-8)6(12)5(11)4(10)2-13-15/h3-7,9-12,15H,2H2,1H3. The first-order chi connectivity index (χ1) is 6.95. The van der Waals surface area contributed by atoms with E-state index in [9.17, 15) is 20.4 Å². The van der Waals surface area contributed by atoms with Crippen LogP contribution in [0.3, 0.4) is 0 Å². The second-order valence-corrected chi connectivity index (χ2v) is 3.91. The lowest BCUT2D eigenvalue weighted by Crippen LogP contribution is -2.49. The molecule has 5 unspecified atom stereocenters. The lowest BCUT2D eigenvalue weighted by Gasteiger charge is -2.28. The van der Waals surface area contributed by atoms with Crippen LogP contribution in [-0.2, 0) is 7.25 Å². The van der Waals surface area contributed by atoms with Crippen LogP contribution < -0.4 is 0 Å². The predicted octanol–water partition coefficient (Wildman–Crippen LogP) is -0.954. The van der Waals surface area contributed by atoms with Crippen LogP contribution in [0, 0.1) is 0 Å². The van der Waals surface area contributed by atoms with Gasteiger partial charge < -0.3 is 27.7 Å². The Morgan fingerprint density at radius 3 is 2.07 bits per heavy atom. The molecule has 0 fully saturated rings. The van der Waals surface area contributed by atoms with E-state index < -0.39 is 30.5 Å². The summed E-state index contributed by atoms with van der Waals surface area (Å²) in [5, 5.41) is 37.5. The first-order valence-electron chi connectivity index (χ1n) is 4.21. The largest absolute Gasteiger partial charge is 0.391 e. The molecule has 0 rings (SSSR count). The maximum absolute atomic E-state index is 9.56. The number of aliphatic hydroxyl groups is 4. The summed E-state index contributed by atoms with van der Waals surface area (Å²) in [4.78, 5) is 0. The maximum atomic E-state index is 9.56. The molecular weight excluding hydrogens is 339 g/mol. The molecule has 0 aliphatic heterocycles. The molecule has 0 spiro atoms. The van der Waals surface area contributed by atoms with Crippen molar-refractivity contribution in [3.8, 4) is 0 Å². The summed E-state index contributed by atoms with van der Waals surface area (Å²) in [6.07, 6.45) is -6.16. The molecule has 5 atom stereocenters. The monoisotopic (exact) mass is 354 g/mol. The van der Waals surface area contributed by atoms with E-state index in [-0.39, 0.29) is 6.61 Å². The van der Waals surface area contributed by atoms with E-state index in [0.717, 1.165) is 0 Å². The lowest BCUT2D eigenvalue weighted by molar-refractivity contribution is -0.118. The molecule has 0 bridgehead atoms. The molecule has 0 aromatic rings. The molecular formula is C7H15IO6S. The van der Waals surface area contributed by atoms with Gasteiger partial charge >= 0.3 is 0 Å². The van der Waals surface area contributed by atoms with E-state index >= 15 is 0 Å². The first-order valence-corrected chi connectivity index (χ1v) is 5.46. The van der Waals surface area contributed by atoms with E-state index in [0.29, 0.717) is 0 Å². The van der Waals surface area contributed by atoms with Crippen LogP contribution in [-0.4, -0.2) is 57.6 Å². The predicted molar refractivity (Wildman–Crippen MR) is 63.5 cm³/mol. The highest BCUT2D eigenvalue weighted by atomic mass is 127. The summed E-state index contributed by atoms with van der Waals surface area (Å²) < 4.78 is 9.08. The molecule has 0 radical (unpaired) electrons. The third-order valence-corrected chi connectivity index (χ3v) is 2.64. The Morgan fingerprint density at radius 1 is 1.20 bits per heavy atom. The Bertz CT molecular complexity index is 172. The summed E-state index contributed by atoms with van der Waals surface area (Å²) in [6, 6.07) is 0. The average Bonchev–Trinajstić information content (AvgIpc) is 2.17. The third kappa shape index (κ3) is 5.13. The van der Waals surface area contributed by atoms with Gasteiger partial charge in [-0.15, -0.1) is 0 Å². The van der Waals surface area contributed by atoms with Crippen LogP contribution in [0.15, 0.2) is 0 Å². The van der Waals surface area contributed by atoms with Crippen molar-refractivity contribution in [3.05, 3.63) is 0 Å². The number of hydrogen-bond acceptors (Lipinski definition) is 7. The van der Waals surface area contributed by atoms with E-state index in [4.69, 9.17) is 3.07 Å². The molecule has 6 nitrogen and oxygen atoms in total. The number of hydrogen-bond donors (Lipinski definition) is 5. The van der Waals surface area contributed by atoms with Crippen molar-refractivity contribution in [1.29, 1.82) is 0 Å². The second-order valence-electron chi connectivity index (χ2n) is 3.14. The van der Waals surface area contributed by atoms with Crippen molar-refractivity contribution in [2.24, 2.45) is 0 Å². The fraction of sp³-hybridized carbons (Fsp3) is 1.00. The molecule has 0 heterocycles. The summed E-state index contributed by atoms with van der Waals surface area (Å²) in [5.41, 5.74) is 0. The smallest absolute Gasteiger partial charge is 0.124 e. The van der Waals surface area contributed by atoms with Crippen LogP contribution in [0.1, 0.15) is 6.92 Å². The highest BCUT2D eigenvalue weighted by Gasteiger charge is 2.34. The minimum absolute atomic E-state index is 0.241. The maximum Gasteiger partial charge on any atom is 0.124 e. The average molecular weight is 354 g/mol. The number of halogens is 1. The van der Waals surface area contributed by atoms with Gasteiger partial charge in [-0.3, -0.25) is 0 Å². The van der Waals surface area contributed by atoms with Crippen molar-refractivity contribution in [2.45, 2.75) is 37.4 Å². The highest BCUT2D eigenvalue weighted by molar-refractivity contribution is 14.1. The molecule has 4 N–H and O–H groups in total. The van der Waals surface area contributed by atoms with Gasteiger partial charge in [-0.2, -0.15) is 0 Å². The minimum atomic E-state index is -1.48. The number of aliphatic hydroxyl groups excluding tert-OH is 4. The van der Waals surface area contributed by atoms with Gasteiger partial charge in [-0.05, 0) is 19.8 Å². The molecule has 8 heteroatoms. The highest BCUT2D eigenvalue weighted by Crippen LogP contribution is 2.14. The van der Waals surface area contributed by atoms with Gasteiger partial charge in [0, 0.05) is 0 Å². The van der Waals surface area contributed by atoms with Gasteiger partial charge in [0.25, 0.3) is 0 Å². The van der Waals surface area contributed by atoms with Crippen LogP contribution in [0.25, 0.3) is 0 Å². The third-order valence-electron chi connectivity index (χ3n) is 1.90. The first kappa shape index (κ1) is 15.8. The summed E-state index contributed by atoms with van der Waals surface area (Å²) in [7, 11) is 0. The quantitative estimate of drug-likeness (QED) is 0.230. The van der Waals surface area contributed by atoms with E-state index in [1.54, 1.807) is 0 Å². The van der Waals surface area contributed by atoms with Gasteiger partial charge in [-0.25, -0.2) is 0 Å². The molecule has 15 heavy (non-hydrogen) atoms. The van der Waals surface area contributed by atoms with Gasteiger partial charge in [-0.1, -0.05) is 0 Å². The molecule has 0 amide bonds. The second kappa shape index (κ2) is 8.01. The van der Waals surface area contributed by atoms with Gasteiger partial charge in [0.1, 0.15) is 47.4 Å². The topological polar surface area (TPSA) is 99.4 Å². The fourth-order valence-corrected chi connectivity index (χ4v) is 1.89. The molecule has 0 aromatic carbocycles. The van der Waals surface area contributed by atoms with Gasteiger partial charge in [0.15, 0.2) is 0 Å². The molecule has 0 aliphatic carbocycles. The van der Waals surface area contributed by atoms with Gasteiger partial charge in [0.05, 0.1) is 12.7 Å². The van der Waals surface area contributed by atoms with Crippen LogP contribution in [0.5, 0.6) is 0 Å². The zero-order valence-corrected chi connectivity index (χ0v) is 11.1. The molecule has 0 aliphatic rings. The Labute approximate surface area is 108 Å². The van der Waals surface area contributed by atoms with E-state index in [2.05, 4.69) is 17.1 Å². The Kier molecular flexibility index (Phi) is 8.46. The van der Waals surface area contributed by atoms with Crippen molar-refractivity contribution < 1.29 is 27.7 Å². The molecule has 92 valence electrons. The van der Waals surface area contributed by atoms with Crippen LogP contribution in [0.4, 0.5) is 0 Å². The summed E-state index contributed by atoms with van der Waals surface area (Å²) >= 11 is 4.90. The normalized spacial score (nSPS) is 21.8. The Balaban J connectivity index is 4.32. The number of thiol groups is 1. The van der Waals surface area contributed by atoms with Crippen molar-refractivity contribution in [3.63, 3.8) is 0 Å². The fourth-order valence-electron chi connectivity index (χ4n) is 1.01. The summed E-state index contributed by atoms with van der Waals surface area (Å²) in [5.74, 6) is 0. The zero-order valence-electron chi connectivity index (χ0n) is 8.02. The minimum Gasteiger partial charge on any atom is -0.391 e. The Morgan fingerprint density at radius 2 is 1.73 bits per heavy atom. The Hall–Kier alpha value is 0.840. The van der Waals surface area contributed by atoms with Gasteiger partial charge in [0.2, 0.25) is 0 Å². The van der Waals surface area contributed by atoms with E-state index in [1.807, 2.05) is 0 Å². The van der Waals surface area contributed by atoms with Crippen molar-refractivity contribution in [1.82, 2.24) is 0 Å². The molecule has 0 aromatic heterocycles. The number of rotatable bonds is 7. The van der Waals surface area contributed by atoms with Crippen molar-refractivity contribution in [2.75, 3.05) is 6.61 Å². The SMILES string of the molecule is CC(O)C(OI)C(O)C(O)C(O)COS. The molecule has 0 saturated carbocycles. The zero-order chi connectivity index (χ0) is 12.0. The van der Waals surface area contributed by atoms with Crippen molar-refractivity contribution >= 4 is 35.9 Å². The summed E-state index contributed by atoms with van der Waals surface area (Å²) in [6.45, 7) is 1.16. The van der Waals surface area contributed by atoms with Crippen LogP contribution in [0.2, 0.25) is 0 Å². The molecule has 0 saturated heterocycles. The van der Waals surface area contributed by atoms with Crippen LogP contribution >= 0.6 is 35.9 Å².